The van der Waals surface area contributed by atoms with Gasteiger partial charge in [0.1, 0.15) is 0 Å². The van der Waals surface area contributed by atoms with Crippen LogP contribution in [0.25, 0.3) is 5.69 Å². The number of likely N-dealkylation sites (N-methyl/N-ethyl adjacent to an activating group) is 1. The molecule has 0 radical (unpaired) electrons. The molecule has 1 N–H and O–H groups in total. The molecule has 0 aliphatic heterocycles. The number of aromatic nitrogens is 2. The Morgan fingerprint density at radius 1 is 1.28 bits per heavy atom. The van der Waals surface area contributed by atoms with Crippen LogP contribution in [0, 0.1) is 0 Å². The summed E-state index contributed by atoms with van der Waals surface area (Å²) in [6, 6.07) is 12.3. The zero-order chi connectivity index (χ0) is 12.8. The molecule has 0 amide bonds. The monoisotopic (exact) mass is 245 g/mol. The molecule has 0 aliphatic carbocycles. The van der Waals surface area contributed by atoms with Gasteiger partial charge in [-0.25, -0.2) is 4.68 Å². The smallest absolute Gasteiger partial charge is 0.0731 e. The van der Waals surface area contributed by atoms with Gasteiger partial charge in [0, 0.05) is 12.8 Å². The van der Waals surface area contributed by atoms with E-state index in [0.717, 1.165) is 18.0 Å². The van der Waals surface area contributed by atoms with Gasteiger partial charge < -0.3 is 10.1 Å². The molecule has 0 fully saturated rings. The van der Waals surface area contributed by atoms with Crippen molar-refractivity contribution < 1.29 is 4.74 Å². The molecule has 18 heavy (non-hydrogen) atoms. The lowest BCUT2D eigenvalue weighted by molar-refractivity contribution is 0.123. The van der Waals surface area contributed by atoms with Gasteiger partial charge in [0.25, 0.3) is 0 Å². The highest BCUT2D eigenvalue weighted by molar-refractivity contribution is 5.33. The SMILES string of the molecule is CCOCC(NC)c1ccnn1-c1ccccc1. The molecule has 4 nitrogen and oxygen atoms in total. The second-order valence-electron chi connectivity index (χ2n) is 4.00. The molecule has 1 unspecified atom stereocenters. The Morgan fingerprint density at radius 2 is 2.06 bits per heavy atom. The summed E-state index contributed by atoms with van der Waals surface area (Å²) in [5.74, 6) is 0. The Labute approximate surface area is 108 Å². The number of hydrogen-bond donors (Lipinski definition) is 1. The average Bonchev–Trinajstić information content (AvgIpc) is 2.90. The molecule has 0 spiro atoms. The van der Waals surface area contributed by atoms with E-state index in [2.05, 4.69) is 10.4 Å². The Kier molecular flexibility index (Phi) is 4.50. The summed E-state index contributed by atoms with van der Waals surface area (Å²) < 4.78 is 7.44. The van der Waals surface area contributed by atoms with E-state index < -0.39 is 0 Å². The van der Waals surface area contributed by atoms with Gasteiger partial charge in [-0.2, -0.15) is 5.10 Å². The van der Waals surface area contributed by atoms with E-state index in [1.54, 1.807) is 0 Å². The van der Waals surface area contributed by atoms with Crippen molar-refractivity contribution in [2.24, 2.45) is 0 Å². The number of para-hydroxylation sites is 1. The molecule has 1 aromatic carbocycles. The van der Waals surface area contributed by atoms with Crippen LogP contribution in [0.3, 0.4) is 0 Å². The van der Waals surface area contributed by atoms with Crippen LogP contribution in [-0.4, -0.2) is 30.0 Å². The van der Waals surface area contributed by atoms with Gasteiger partial charge in [-0.15, -0.1) is 0 Å². The van der Waals surface area contributed by atoms with Crippen LogP contribution in [0.15, 0.2) is 42.6 Å². The lowest BCUT2D eigenvalue weighted by Crippen LogP contribution is -2.24. The quantitative estimate of drug-likeness (QED) is 0.847. The number of nitrogens with zero attached hydrogens (tertiary/aromatic N) is 2. The third kappa shape index (κ3) is 2.78. The summed E-state index contributed by atoms with van der Waals surface area (Å²) in [5.41, 5.74) is 2.17. The fourth-order valence-electron chi connectivity index (χ4n) is 1.91. The van der Waals surface area contributed by atoms with Gasteiger partial charge in [0.15, 0.2) is 0 Å². The van der Waals surface area contributed by atoms with E-state index >= 15 is 0 Å². The maximum Gasteiger partial charge on any atom is 0.0731 e. The van der Waals surface area contributed by atoms with Crippen LogP contribution in [0.1, 0.15) is 18.7 Å². The standard InChI is InChI=1S/C14H19N3O/c1-3-18-11-13(15-2)14-9-10-16-17(14)12-7-5-4-6-8-12/h4-10,13,15H,3,11H2,1-2H3. The van der Waals surface area contributed by atoms with Gasteiger partial charge >= 0.3 is 0 Å². The molecule has 0 aliphatic rings. The van der Waals surface area contributed by atoms with Crippen LogP contribution in [0.5, 0.6) is 0 Å². The first-order chi connectivity index (χ1) is 8.86. The predicted molar refractivity (Wildman–Crippen MR) is 71.9 cm³/mol. The molecule has 0 saturated heterocycles. The minimum absolute atomic E-state index is 0.146. The molecule has 4 heteroatoms. The van der Waals surface area contributed by atoms with E-state index in [0.29, 0.717) is 6.61 Å². The number of nitrogens with one attached hydrogen (secondary N) is 1. The third-order valence-electron chi connectivity index (χ3n) is 2.87. The summed E-state index contributed by atoms with van der Waals surface area (Å²) in [6.45, 7) is 3.37. The van der Waals surface area contributed by atoms with Crippen molar-refractivity contribution >= 4 is 0 Å². The molecule has 0 bridgehead atoms. The van der Waals surface area contributed by atoms with Gasteiger partial charge in [-0.05, 0) is 32.2 Å². The van der Waals surface area contributed by atoms with Crippen molar-refractivity contribution in [1.29, 1.82) is 0 Å². The van der Waals surface area contributed by atoms with Crippen LogP contribution in [0.2, 0.25) is 0 Å². The summed E-state index contributed by atoms with van der Waals surface area (Å²) in [7, 11) is 1.94. The fourth-order valence-corrected chi connectivity index (χ4v) is 1.91. The molecule has 96 valence electrons. The highest BCUT2D eigenvalue weighted by Crippen LogP contribution is 2.17. The fraction of sp³-hybridized carbons (Fsp3) is 0.357. The van der Waals surface area contributed by atoms with Crippen molar-refractivity contribution in [2.75, 3.05) is 20.3 Å². The molecule has 2 rings (SSSR count). The van der Waals surface area contributed by atoms with Crippen molar-refractivity contribution in [1.82, 2.24) is 15.1 Å². The maximum absolute atomic E-state index is 5.50. The van der Waals surface area contributed by atoms with Gasteiger partial charge in [-0.3, -0.25) is 0 Å². The Balaban J connectivity index is 2.26. The van der Waals surface area contributed by atoms with Gasteiger partial charge in [0.2, 0.25) is 0 Å². The lowest BCUT2D eigenvalue weighted by Gasteiger charge is -2.17. The minimum atomic E-state index is 0.146. The largest absolute Gasteiger partial charge is 0.380 e. The molecule has 1 aromatic heterocycles. The highest BCUT2D eigenvalue weighted by atomic mass is 16.5. The van der Waals surface area contributed by atoms with Crippen molar-refractivity contribution in [3.05, 3.63) is 48.3 Å². The van der Waals surface area contributed by atoms with Crippen LogP contribution >= 0.6 is 0 Å². The first-order valence-corrected chi connectivity index (χ1v) is 6.21. The maximum atomic E-state index is 5.50. The summed E-state index contributed by atoms with van der Waals surface area (Å²) >= 11 is 0. The Bertz CT molecular complexity index is 467. The number of ether oxygens (including phenoxy) is 1. The normalized spacial score (nSPS) is 12.6. The summed E-state index contributed by atoms with van der Waals surface area (Å²) in [5, 5.41) is 7.65. The topological polar surface area (TPSA) is 39.1 Å². The molecular weight excluding hydrogens is 226 g/mol. The highest BCUT2D eigenvalue weighted by Gasteiger charge is 2.15. The lowest BCUT2D eigenvalue weighted by atomic mass is 10.2. The van der Waals surface area contributed by atoms with Crippen molar-refractivity contribution in [2.45, 2.75) is 13.0 Å². The third-order valence-corrected chi connectivity index (χ3v) is 2.87. The zero-order valence-electron chi connectivity index (χ0n) is 10.8. The number of hydrogen-bond acceptors (Lipinski definition) is 3. The molecule has 1 atom stereocenters. The molecular formula is C14H19N3O. The number of benzene rings is 1. The average molecular weight is 245 g/mol. The summed E-state index contributed by atoms with van der Waals surface area (Å²) in [4.78, 5) is 0. The van der Waals surface area contributed by atoms with Crippen LogP contribution in [-0.2, 0) is 4.74 Å². The van der Waals surface area contributed by atoms with E-state index in [-0.39, 0.29) is 6.04 Å². The first-order valence-electron chi connectivity index (χ1n) is 6.21. The zero-order valence-corrected chi connectivity index (χ0v) is 10.8. The Morgan fingerprint density at radius 3 is 2.72 bits per heavy atom. The molecule has 2 aromatic rings. The second-order valence-corrected chi connectivity index (χ2v) is 4.00. The molecule has 1 heterocycles. The minimum Gasteiger partial charge on any atom is -0.380 e. The van der Waals surface area contributed by atoms with Crippen molar-refractivity contribution in [3.63, 3.8) is 0 Å². The Hall–Kier alpha value is -1.65. The summed E-state index contributed by atoms with van der Waals surface area (Å²) in [6.07, 6.45) is 1.82. The predicted octanol–water partition coefficient (Wildman–Crippen LogP) is 2.17. The van der Waals surface area contributed by atoms with Crippen LogP contribution < -0.4 is 5.32 Å². The van der Waals surface area contributed by atoms with E-state index in [1.165, 1.54) is 0 Å². The molecule has 0 saturated carbocycles. The van der Waals surface area contributed by atoms with Crippen LogP contribution in [0.4, 0.5) is 0 Å². The van der Waals surface area contributed by atoms with Crippen molar-refractivity contribution in [3.8, 4) is 5.69 Å². The number of rotatable bonds is 6. The first kappa shape index (κ1) is 12.8. The van der Waals surface area contributed by atoms with E-state index in [9.17, 15) is 0 Å². The van der Waals surface area contributed by atoms with Gasteiger partial charge in [0.05, 0.1) is 24.0 Å². The second kappa shape index (κ2) is 6.33. The van der Waals surface area contributed by atoms with Gasteiger partial charge in [-0.1, -0.05) is 18.2 Å². The van der Waals surface area contributed by atoms with E-state index in [1.807, 2.05) is 61.2 Å². The van der Waals surface area contributed by atoms with E-state index in [4.69, 9.17) is 4.74 Å².